The molecule has 1 rings (SSSR count). The zero-order valence-electron chi connectivity index (χ0n) is 11.2. The minimum Gasteiger partial charge on any atom is -0.389 e. The SMILES string of the molecule is COCC(O)CNC(=O)NCCc1cc(F)cc(F)c1. The molecule has 0 aliphatic heterocycles. The second-order valence-corrected chi connectivity index (χ2v) is 4.27. The molecule has 0 radical (unpaired) electrons. The second-order valence-electron chi connectivity index (χ2n) is 4.27. The van der Waals surface area contributed by atoms with Crippen molar-refractivity contribution in [2.75, 3.05) is 26.8 Å². The van der Waals surface area contributed by atoms with Crippen molar-refractivity contribution in [3.05, 3.63) is 35.4 Å². The summed E-state index contributed by atoms with van der Waals surface area (Å²) >= 11 is 0. The molecule has 0 saturated carbocycles. The molecular weight excluding hydrogens is 270 g/mol. The Morgan fingerprint density at radius 2 is 1.95 bits per heavy atom. The summed E-state index contributed by atoms with van der Waals surface area (Å²) in [6.45, 7) is 0.423. The van der Waals surface area contributed by atoms with Crippen molar-refractivity contribution < 1.29 is 23.4 Å². The van der Waals surface area contributed by atoms with Crippen LogP contribution in [0.3, 0.4) is 0 Å². The Balaban J connectivity index is 2.24. The molecule has 1 atom stereocenters. The van der Waals surface area contributed by atoms with Crippen molar-refractivity contribution in [3.63, 3.8) is 0 Å². The van der Waals surface area contributed by atoms with Gasteiger partial charge in [-0.1, -0.05) is 0 Å². The van der Waals surface area contributed by atoms with Crippen LogP contribution in [0.1, 0.15) is 5.56 Å². The molecule has 2 amide bonds. The van der Waals surface area contributed by atoms with E-state index in [9.17, 15) is 18.7 Å². The van der Waals surface area contributed by atoms with E-state index in [1.807, 2.05) is 0 Å². The fourth-order valence-corrected chi connectivity index (χ4v) is 1.60. The van der Waals surface area contributed by atoms with Gasteiger partial charge >= 0.3 is 6.03 Å². The van der Waals surface area contributed by atoms with Gasteiger partial charge in [0, 0.05) is 26.3 Å². The molecule has 0 heterocycles. The summed E-state index contributed by atoms with van der Waals surface area (Å²) in [5.41, 5.74) is 0.460. The van der Waals surface area contributed by atoms with Gasteiger partial charge in [0.25, 0.3) is 0 Å². The lowest BCUT2D eigenvalue weighted by atomic mass is 10.1. The van der Waals surface area contributed by atoms with Gasteiger partial charge in [0.1, 0.15) is 11.6 Å². The molecule has 0 aliphatic rings. The average Bonchev–Trinajstić information content (AvgIpc) is 2.35. The first-order valence-corrected chi connectivity index (χ1v) is 6.15. The molecule has 0 saturated heterocycles. The first-order chi connectivity index (χ1) is 9.51. The normalized spacial score (nSPS) is 12.0. The van der Waals surface area contributed by atoms with Crippen molar-refractivity contribution in [2.24, 2.45) is 0 Å². The third-order valence-corrected chi connectivity index (χ3v) is 2.48. The molecule has 3 N–H and O–H groups in total. The number of urea groups is 1. The van der Waals surface area contributed by atoms with Gasteiger partial charge in [-0.25, -0.2) is 13.6 Å². The van der Waals surface area contributed by atoms with Crippen LogP contribution in [0.5, 0.6) is 0 Å². The molecule has 0 fully saturated rings. The average molecular weight is 288 g/mol. The van der Waals surface area contributed by atoms with E-state index in [4.69, 9.17) is 4.74 Å². The van der Waals surface area contributed by atoms with Crippen LogP contribution in [0.15, 0.2) is 18.2 Å². The number of hydrogen-bond acceptors (Lipinski definition) is 3. The van der Waals surface area contributed by atoms with E-state index in [0.29, 0.717) is 12.0 Å². The molecule has 20 heavy (non-hydrogen) atoms. The van der Waals surface area contributed by atoms with Crippen LogP contribution in [-0.2, 0) is 11.2 Å². The summed E-state index contributed by atoms with van der Waals surface area (Å²) in [5.74, 6) is -1.29. The Labute approximate surface area is 115 Å². The van der Waals surface area contributed by atoms with E-state index in [-0.39, 0.29) is 19.7 Å². The maximum atomic E-state index is 12.9. The monoisotopic (exact) mass is 288 g/mol. The van der Waals surface area contributed by atoms with Gasteiger partial charge in [0.2, 0.25) is 0 Å². The van der Waals surface area contributed by atoms with Crippen LogP contribution < -0.4 is 10.6 Å². The summed E-state index contributed by atoms with van der Waals surface area (Å²) in [4.78, 5) is 11.4. The Bertz CT molecular complexity index is 423. The predicted molar refractivity (Wildman–Crippen MR) is 69.3 cm³/mol. The van der Waals surface area contributed by atoms with Gasteiger partial charge in [-0.3, -0.25) is 0 Å². The highest BCUT2D eigenvalue weighted by Crippen LogP contribution is 2.07. The van der Waals surface area contributed by atoms with Gasteiger partial charge in [-0.2, -0.15) is 0 Å². The largest absolute Gasteiger partial charge is 0.389 e. The third kappa shape index (κ3) is 6.44. The number of amides is 2. The number of nitrogens with one attached hydrogen (secondary N) is 2. The van der Waals surface area contributed by atoms with Crippen LogP contribution >= 0.6 is 0 Å². The Morgan fingerprint density at radius 3 is 2.55 bits per heavy atom. The number of halogens is 2. The lowest BCUT2D eigenvalue weighted by Crippen LogP contribution is -2.41. The van der Waals surface area contributed by atoms with Gasteiger partial charge in [0.05, 0.1) is 12.7 Å². The number of hydrogen-bond donors (Lipinski definition) is 3. The molecule has 7 heteroatoms. The summed E-state index contributed by atoms with van der Waals surface area (Å²) in [7, 11) is 1.45. The second kappa shape index (κ2) is 8.44. The maximum Gasteiger partial charge on any atom is 0.314 e. The minimum absolute atomic E-state index is 0.0638. The van der Waals surface area contributed by atoms with E-state index < -0.39 is 23.8 Å². The van der Waals surface area contributed by atoms with E-state index in [1.54, 1.807) is 0 Å². The Morgan fingerprint density at radius 1 is 1.30 bits per heavy atom. The lowest BCUT2D eigenvalue weighted by Gasteiger charge is -2.11. The zero-order chi connectivity index (χ0) is 15.0. The van der Waals surface area contributed by atoms with Crippen molar-refractivity contribution >= 4 is 6.03 Å². The third-order valence-electron chi connectivity index (χ3n) is 2.48. The number of carbonyl (C=O) groups is 1. The number of rotatable bonds is 7. The molecular formula is C13H18F2N2O3. The van der Waals surface area contributed by atoms with Crippen molar-refractivity contribution in [1.82, 2.24) is 10.6 Å². The van der Waals surface area contributed by atoms with E-state index in [2.05, 4.69) is 10.6 Å². The van der Waals surface area contributed by atoms with Gasteiger partial charge in [-0.15, -0.1) is 0 Å². The van der Waals surface area contributed by atoms with Gasteiger partial charge < -0.3 is 20.5 Å². The minimum atomic E-state index is -0.775. The quantitative estimate of drug-likeness (QED) is 0.695. The van der Waals surface area contributed by atoms with E-state index in [1.165, 1.54) is 19.2 Å². The molecule has 0 bridgehead atoms. The molecule has 0 aliphatic carbocycles. The van der Waals surface area contributed by atoms with Crippen LogP contribution in [-0.4, -0.2) is 44.0 Å². The summed E-state index contributed by atoms with van der Waals surface area (Å²) in [6, 6.07) is 2.76. The molecule has 1 aromatic rings. The standard InChI is InChI=1S/C13H18F2N2O3/c1-20-8-12(18)7-17-13(19)16-3-2-9-4-10(14)6-11(15)5-9/h4-6,12,18H,2-3,7-8H2,1H3,(H2,16,17,19). The smallest absolute Gasteiger partial charge is 0.314 e. The Hall–Kier alpha value is -1.73. The van der Waals surface area contributed by atoms with Gasteiger partial charge in [-0.05, 0) is 24.1 Å². The first-order valence-electron chi connectivity index (χ1n) is 6.15. The highest BCUT2D eigenvalue weighted by molar-refractivity contribution is 5.73. The summed E-state index contributed by atoms with van der Waals surface area (Å²) in [5, 5.41) is 14.3. The topological polar surface area (TPSA) is 70.6 Å². The predicted octanol–water partition coefficient (Wildman–Crippen LogP) is 0.814. The van der Waals surface area contributed by atoms with Gasteiger partial charge in [0.15, 0.2) is 0 Å². The Kier molecular flexibility index (Phi) is 6.89. The highest BCUT2D eigenvalue weighted by atomic mass is 19.1. The number of aliphatic hydroxyl groups excluding tert-OH is 1. The molecule has 5 nitrogen and oxygen atoms in total. The van der Waals surface area contributed by atoms with Crippen LogP contribution in [0.4, 0.5) is 13.6 Å². The molecule has 0 spiro atoms. The molecule has 1 aromatic carbocycles. The van der Waals surface area contributed by atoms with E-state index >= 15 is 0 Å². The maximum absolute atomic E-state index is 12.9. The van der Waals surface area contributed by atoms with Crippen LogP contribution in [0.25, 0.3) is 0 Å². The first kappa shape index (κ1) is 16.3. The molecule has 112 valence electrons. The highest BCUT2D eigenvalue weighted by Gasteiger charge is 2.06. The van der Waals surface area contributed by atoms with Crippen molar-refractivity contribution in [1.29, 1.82) is 0 Å². The lowest BCUT2D eigenvalue weighted by molar-refractivity contribution is 0.0660. The number of benzene rings is 1. The van der Waals surface area contributed by atoms with Crippen LogP contribution in [0.2, 0.25) is 0 Å². The fourth-order valence-electron chi connectivity index (χ4n) is 1.60. The zero-order valence-corrected chi connectivity index (χ0v) is 11.2. The van der Waals surface area contributed by atoms with E-state index in [0.717, 1.165) is 6.07 Å². The number of carbonyl (C=O) groups excluding carboxylic acids is 1. The number of methoxy groups -OCH3 is 1. The number of aliphatic hydroxyl groups is 1. The fraction of sp³-hybridized carbons (Fsp3) is 0.462. The number of ether oxygens (including phenoxy) is 1. The van der Waals surface area contributed by atoms with Crippen molar-refractivity contribution in [2.45, 2.75) is 12.5 Å². The molecule has 1 unspecified atom stereocenters. The van der Waals surface area contributed by atoms with Crippen molar-refractivity contribution in [3.8, 4) is 0 Å². The summed E-state index contributed by atoms with van der Waals surface area (Å²) in [6.07, 6.45) is -0.467. The van der Waals surface area contributed by atoms with Crippen LogP contribution in [0, 0.1) is 11.6 Å². The summed E-state index contributed by atoms with van der Waals surface area (Å²) < 4.78 is 30.5. The molecule has 0 aromatic heterocycles.